The molecule has 1 unspecified atom stereocenters. The van der Waals surface area contributed by atoms with Crippen LogP contribution in [0.4, 0.5) is 5.69 Å². The average Bonchev–Trinajstić information content (AvgIpc) is 2.43. The van der Waals surface area contributed by atoms with E-state index in [1.807, 2.05) is 18.2 Å². The quantitative estimate of drug-likeness (QED) is 0.531. The van der Waals surface area contributed by atoms with E-state index in [9.17, 15) is 14.7 Å². The second-order valence-corrected chi connectivity index (χ2v) is 4.53. The molecule has 0 bridgehead atoms. The normalized spacial score (nSPS) is 11.8. The molecule has 19 heavy (non-hydrogen) atoms. The molecule has 0 aliphatic heterocycles. The number of nitrogens with one attached hydrogen (secondary N) is 1. The van der Waals surface area contributed by atoms with Crippen LogP contribution in [0.5, 0.6) is 0 Å². The van der Waals surface area contributed by atoms with E-state index in [0.717, 1.165) is 32.0 Å². The highest BCUT2D eigenvalue weighted by Gasteiger charge is 2.14. The Morgan fingerprint density at radius 3 is 2.53 bits per heavy atom. The van der Waals surface area contributed by atoms with Gasteiger partial charge in [0.2, 0.25) is 0 Å². The van der Waals surface area contributed by atoms with Gasteiger partial charge in [-0.3, -0.25) is 4.79 Å². The van der Waals surface area contributed by atoms with E-state index in [0.29, 0.717) is 18.5 Å². The maximum atomic E-state index is 11.7. The van der Waals surface area contributed by atoms with Crippen molar-refractivity contribution >= 4 is 17.9 Å². The highest BCUT2D eigenvalue weighted by atomic mass is 16.3. The van der Waals surface area contributed by atoms with Crippen molar-refractivity contribution in [3.05, 3.63) is 30.3 Å². The predicted molar refractivity (Wildman–Crippen MR) is 74.8 cm³/mol. The number of aliphatic hydroxyl groups is 1. The smallest absolute Gasteiger partial charge is 0.253 e. The number of hydrogen-bond donors (Lipinski definition) is 2. The van der Waals surface area contributed by atoms with Crippen molar-refractivity contribution < 1.29 is 14.7 Å². The third-order valence-corrected chi connectivity index (χ3v) is 2.89. The minimum absolute atomic E-state index is 0.362. The first-order chi connectivity index (χ1) is 9.24. The van der Waals surface area contributed by atoms with Crippen LogP contribution in [0.25, 0.3) is 0 Å². The Morgan fingerprint density at radius 2 is 1.84 bits per heavy atom. The number of aldehydes is 1. The monoisotopic (exact) mass is 263 g/mol. The molecule has 0 saturated heterocycles. The van der Waals surface area contributed by atoms with Crippen LogP contribution >= 0.6 is 0 Å². The van der Waals surface area contributed by atoms with Crippen LogP contribution < -0.4 is 5.32 Å². The number of aliphatic hydroxyl groups excluding tert-OH is 1. The van der Waals surface area contributed by atoms with Crippen molar-refractivity contribution in [2.24, 2.45) is 0 Å². The van der Waals surface area contributed by atoms with Crippen LogP contribution in [-0.2, 0) is 9.59 Å². The van der Waals surface area contributed by atoms with Crippen LogP contribution in [0.3, 0.4) is 0 Å². The van der Waals surface area contributed by atoms with Gasteiger partial charge in [0.15, 0.2) is 0 Å². The molecule has 0 aromatic heterocycles. The van der Waals surface area contributed by atoms with Crippen LogP contribution in [0.2, 0.25) is 0 Å². The lowest BCUT2D eigenvalue weighted by Crippen LogP contribution is -2.27. The molecule has 0 saturated carbocycles. The predicted octanol–water partition coefficient (Wildman–Crippen LogP) is 2.53. The van der Waals surface area contributed by atoms with Crippen molar-refractivity contribution in [2.45, 2.75) is 44.6 Å². The fraction of sp³-hybridized carbons (Fsp3) is 0.467. The Labute approximate surface area is 113 Å². The van der Waals surface area contributed by atoms with Gasteiger partial charge in [-0.25, -0.2) is 0 Å². The fourth-order valence-electron chi connectivity index (χ4n) is 1.80. The summed E-state index contributed by atoms with van der Waals surface area (Å²) in [7, 11) is 0. The number of hydrogen-bond acceptors (Lipinski definition) is 3. The molecule has 0 spiro atoms. The molecule has 4 nitrogen and oxygen atoms in total. The summed E-state index contributed by atoms with van der Waals surface area (Å²) in [6.07, 6.45) is 4.58. The Hall–Kier alpha value is -1.68. The molecule has 0 heterocycles. The Kier molecular flexibility index (Phi) is 7.51. The van der Waals surface area contributed by atoms with Crippen molar-refractivity contribution in [3.63, 3.8) is 0 Å². The lowest BCUT2D eigenvalue weighted by atomic mass is 10.1. The molecular formula is C15H21NO3. The second-order valence-electron chi connectivity index (χ2n) is 4.53. The molecule has 0 radical (unpaired) electrons. The van der Waals surface area contributed by atoms with Gasteiger partial charge in [-0.2, -0.15) is 0 Å². The molecular weight excluding hydrogens is 242 g/mol. The van der Waals surface area contributed by atoms with E-state index in [4.69, 9.17) is 0 Å². The first-order valence-corrected chi connectivity index (χ1v) is 6.71. The molecule has 104 valence electrons. The summed E-state index contributed by atoms with van der Waals surface area (Å²) < 4.78 is 0. The van der Waals surface area contributed by atoms with Crippen LogP contribution in [0, 0.1) is 0 Å². The van der Waals surface area contributed by atoms with E-state index in [2.05, 4.69) is 5.32 Å². The third-order valence-electron chi connectivity index (χ3n) is 2.89. The second kappa shape index (κ2) is 9.28. The van der Waals surface area contributed by atoms with Crippen LogP contribution in [0.1, 0.15) is 38.5 Å². The minimum Gasteiger partial charge on any atom is -0.383 e. The van der Waals surface area contributed by atoms with Gasteiger partial charge in [0, 0.05) is 12.1 Å². The number of carbonyl (C=O) groups is 2. The van der Waals surface area contributed by atoms with Gasteiger partial charge in [-0.15, -0.1) is 0 Å². The Morgan fingerprint density at radius 1 is 1.16 bits per heavy atom. The zero-order valence-corrected chi connectivity index (χ0v) is 11.0. The SMILES string of the molecule is O=CCCCCCCC(O)C(=O)Nc1ccccc1. The van der Waals surface area contributed by atoms with Gasteiger partial charge in [-0.1, -0.05) is 37.5 Å². The van der Waals surface area contributed by atoms with Gasteiger partial charge in [-0.05, 0) is 25.0 Å². The first-order valence-electron chi connectivity index (χ1n) is 6.71. The highest BCUT2D eigenvalue weighted by molar-refractivity contribution is 5.93. The Bertz CT molecular complexity index is 378. The summed E-state index contributed by atoms with van der Waals surface area (Å²) in [5.41, 5.74) is 0.692. The van der Waals surface area contributed by atoms with Gasteiger partial charge >= 0.3 is 0 Å². The summed E-state index contributed by atoms with van der Waals surface area (Å²) in [6.45, 7) is 0. The van der Waals surface area contributed by atoms with Gasteiger partial charge in [0.05, 0.1) is 0 Å². The van der Waals surface area contributed by atoms with E-state index in [1.165, 1.54) is 0 Å². The zero-order chi connectivity index (χ0) is 13.9. The average molecular weight is 263 g/mol. The fourth-order valence-corrected chi connectivity index (χ4v) is 1.80. The molecule has 1 aromatic rings. The maximum absolute atomic E-state index is 11.7. The lowest BCUT2D eigenvalue weighted by molar-refractivity contribution is -0.124. The van der Waals surface area contributed by atoms with E-state index in [-0.39, 0.29) is 5.91 Å². The van der Waals surface area contributed by atoms with Gasteiger partial charge in [0.1, 0.15) is 12.4 Å². The van der Waals surface area contributed by atoms with Crippen molar-refractivity contribution in [3.8, 4) is 0 Å². The lowest BCUT2D eigenvalue weighted by Gasteiger charge is -2.11. The summed E-state index contributed by atoms with van der Waals surface area (Å²) >= 11 is 0. The number of para-hydroxylation sites is 1. The highest BCUT2D eigenvalue weighted by Crippen LogP contribution is 2.10. The molecule has 2 N–H and O–H groups in total. The number of anilines is 1. The molecule has 1 aromatic carbocycles. The zero-order valence-electron chi connectivity index (χ0n) is 11.0. The number of unbranched alkanes of at least 4 members (excludes halogenated alkanes) is 4. The van der Waals surface area contributed by atoms with Crippen molar-refractivity contribution in [1.82, 2.24) is 0 Å². The van der Waals surface area contributed by atoms with Gasteiger partial charge in [0.25, 0.3) is 5.91 Å². The number of benzene rings is 1. The summed E-state index contributed by atoms with van der Waals surface area (Å²) in [6, 6.07) is 9.09. The van der Waals surface area contributed by atoms with Crippen LogP contribution in [0.15, 0.2) is 30.3 Å². The standard InChI is InChI=1S/C15H21NO3/c17-12-8-3-1-2-7-11-14(18)15(19)16-13-9-5-4-6-10-13/h4-6,9-10,12,14,18H,1-3,7-8,11H2,(H,16,19). The van der Waals surface area contributed by atoms with Crippen LogP contribution in [-0.4, -0.2) is 23.4 Å². The molecule has 0 aliphatic carbocycles. The largest absolute Gasteiger partial charge is 0.383 e. The van der Waals surface area contributed by atoms with Gasteiger partial charge < -0.3 is 15.2 Å². The number of rotatable bonds is 9. The van der Waals surface area contributed by atoms with Crippen molar-refractivity contribution in [2.75, 3.05) is 5.32 Å². The van der Waals surface area contributed by atoms with Crippen molar-refractivity contribution in [1.29, 1.82) is 0 Å². The topological polar surface area (TPSA) is 66.4 Å². The summed E-state index contributed by atoms with van der Waals surface area (Å²) in [5, 5.41) is 12.4. The molecule has 0 aliphatic rings. The molecule has 1 atom stereocenters. The first kappa shape index (κ1) is 15.4. The number of amides is 1. The van der Waals surface area contributed by atoms with E-state index < -0.39 is 6.10 Å². The molecule has 4 heteroatoms. The molecule has 1 rings (SSSR count). The molecule has 0 fully saturated rings. The van der Waals surface area contributed by atoms with E-state index >= 15 is 0 Å². The third kappa shape index (κ3) is 6.72. The number of carbonyl (C=O) groups excluding carboxylic acids is 2. The minimum atomic E-state index is -0.966. The summed E-state index contributed by atoms with van der Waals surface area (Å²) in [5.74, 6) is -0.362. The maximum Gasteiger partial charge on any atom is 0.253 e. The summed E-state index contributed by atoms with van der Waals surface area (Å²) in [4.78, 5) is 21.8. The van der Waals surface area contributed by atoms with E-state index in [1.54, 1.807) is 12.1 Å². The Balaban J connectivity index is 2.16. The molecule has 1 amide bonds.